The largest absolute Gasteiger partial charge is 0.508 e. The second-order valence-corrected chi connectivity index (χ2v) is 8.20. The van der Waals surface area contributed by atoms with Gasteiger partial charge in [-0.2, -0.15) is 4.98 Å². The van der Waals surface area contributed by atoms with Gasteiger partial charge in [0.05, 0.1) is 11.4 Å². The van der Waals surface area contributed by atoms with Crippen molar-refractivity contribution in [1.29, 1.82) is 0 Å². The third kappa shape index (κ3) is 5.98. The van der Waals surface area contributed by atoms with Crippen LogP contribution >= 0.6 is 0 Å². The molecule has 33 heavy (non-hydrogen) atoms. The van der Waals surface area contributed by atoms with Crippen molar-refractivity contribution >= 4 is 5.91 Å². The third-order valence-electron chi connectivity index (χ3n) is 5.70. The molecular weight excluding hydrogens is 420 g/mol. The SMILES string of the molecule is Cc1cc(-c2cc(-c3cccc(OCC(=O)NCCN4CCCC4)c3)nc(=O)[nH]2)ccc1O. The van der Waals surface area contributed by atoms with Crippen LogP contribution in [-0.4, -0.2) is 58.7 Å². The standard InChI is InChI=1S/C25H28N4O4/c1-17-13-19(7-8-23(17)30)22-15-21(27-25(32)28-22)18-5-4-6-20(14-18)33-16-24(31)26-9-12-29-10-2-3-11-29/h4-8,13-15,30H,2-3,9-12,16H2,1H3,(H,26,31)(H,27,28,32). The van der Waals surface area contributed by atoms with Gasteiger partial charge in [0, 0.05) is 18.7 Å². The van der Waals surface area contributed by atoms with Gasteiger partial charge in [0.25, 0.3) is 5.91 Å². The normalized spacial score (nSPS) is 13.7. The van der Waals surface area contributed by atoms with E-state index in [1.165, 1.54) is 12.8 Å². The van der Waals surface area contributed by atoms with E-state index in [0.717, 1.165) is 25.2 Å². The maximum atomic E-state index is 12.2. The van der Waals surface area contributed by atoms with Gasteiger partial charge in [-0.15, -0.1) is 0 Å². The van der Waals surface area contributed by atoms with Crippen LogP contribution in [0.25, 0.3) is 22.5 Å². The fraction of sp³-hybridized carbons (Fsp3) is 0.320. The maximum absolute atomic E-state index is 12.2. The van der Waals surface area contributed by atoms with Crippen molar-refractivity contribution in [2.24, 2.45) is 0 Å². The molecule has 0 bridgehead atoms. The number of phenolic OH excluding ortho intramolecular Hbond substituents is 1. The van der Waals surface area contributed by atoms with Gasteiger partial charge in [-0.05, 0) is 80.4 Å². The predicted octanol–water partition coefficient (Wildman–Crippen LogP) is 2.71. The van der Waals surface area contributed by atoms with E-state index in [-0.39, 0.29) is 18.3 Å². The molecule has 2 heterocycles. The first-order valence-corrected chi connectivity index (χ1v) is 11.1. The van der Waals surface area contributed by atoms with Crippen LogP contribution in [0.5, 0.6) is 11.5 Å². The molecule has 4 rings (SSSR count). The summed E-state index contributed by atoms with van der Waals surface area (Å²) in [7, 11) is 0. The Balaban J connectivity index is 1.41. The molecule has 8 nitrogen and oxygen atoms in total. The summed E-state index contributed by atoms with van der Waals surface area (Å²) >= 11 is 0. The number of nitrogens with zero attached hydrogens (tertiary/aromatic N) is 2. The van der Waals surface area contributed by atoms with Crippen molar-refractivity contribution in [3.8, 4) is 34.0 Å². The number of carbonyl (C=O) groups is 1. The van der Waals surface area contributed by atoms with Gasteiger partial charge in [-0.1, -0.05) is 12.1 Å². The van der Waals surface area contributed by atoms with Gasteiger partial charge in [-0.25, -0.2) is 4.79 Å². The van der Waals surface area contributed by atoms with E-state index in [2.05, 4.69) is 20.2 Å². The number of H-pyrrole nitrogens is 1. The fourth-order valence-electron chi connectivity index (χ4n) is 3.89. The number of aromatic nitrogens is 2. The Hall–Kier alpha value is -3.65. The van der Waals surface area contributed by atoms with E-state index in [1.807, 2.05) is 6.07 Å². The number of rotatable bonds is 8. The molecule has 0 aliphatic carbocycles. The number of carbonyl (C=O) groups excluding carboxylic acids is 1. The summed E-state index contributed by atoms with van der Waals surface area (Å²) in [5.74, 6) is 0.547. The van der Waals surface area contributed by atoms with Gasteiger partial charge >= 0.3 is 5.69 Å². The lowest BCUT2D eigenvalue weighted by Crippen LogP contribution is -2.35. The van der Waals surface area contributed by atoms with E-state index in [9.17, 15) is 14.7 Å². The van der Waals surface area contributed by atoms with Crippen LogP contribution in [0.3, 0.4) is 0 Å². The van der Waals surface area contributed by atoms with Crippen LogP contribution in [0.15, 0.2) is 53.3 Å². The minimum absolute atomic E-state index is 0.0791. The topological polar surface area (TPSA) is 108 Å². The summed E-state index contributed by atoms with van der Waals surface area (Å²) in [6.45, 7) is 5.39. The highest BCUT2D eigenvalue weighted by Gasteiger charge is 2.12. The predicted molar refractivity (Wildman–Crippen MR) is 126 cm³/mol. The van der Waals surface area contributed by atoms with Crippen molar-refractivity contribution in [3.63, 3.8) is 0 Å². The highest BCUT2D eigenvalue weighted by Crippen LogP contribution is 2.27. The van der Waals surface area contributed by atoms with Crippen LogP contribution in [-0.2, 0) is 4.79 Å². The molecule has 1 aliphatic heterocycles. The lowest BCUT2D eigenvalue weighted by Gasteiger charge is -2.15. The van der Waals surface area contributed by atoms with E-state index >= 15 is 0 Å². The smallest absolute Gasteiger partial charge is 0.345 e. The number of aromatic amines is 1. The zero-order chi connectivity index (χ0) is 23.2. The van der Waals surface area contributed by atoms with Gasteiger partial charge in [-0.3, -0.25) is 4.79 Å². The average molecular weight is 449 g/mol. The van der Waals surface area contributed by atoms with Crippen molar-refractivity contribution in [2.45, 2.75) is 19.8 Å². The molecule has 0 radical (unpaired) electrons. The molecule has 1 amide bonds. The maximum Gasteiger partial charge on any atom is 0.345 e. The first-order valence-electron chi connectivity index (χ1n) is 11.1. The molecule has 0 atom stereocenters. The monoisotopic (exact) mass is 448 g/mol. The van der Waals surface area contributed by atoms with E-state index < -0.39 is 5.69 Å². The minimum atomic E-state index is -0.475. The Kier molecular flexibility index (Phi) is 7.04. The van der Waals surface area contributed by atoms with Gasteiger partial charge in [0.1, 0.15) is 11.5 Å². The second kappa shape index (κ2) is 10.3. The van der Waals surface area contributed by atoms with Crippen LogP contribution in [0.2, 0.25) is 0 Å². The summed E-state index contributed by atoms with van der Waals surface area (Å²) in [5, 5.41) is 12.7. The van der Waals surface area contributed by atoms with Gasteiger partial charge in [0.2, 0.25) is 0 Å². The number of amides is 1. The number of likely N-dealkylation sites (tertiary alicyclic amines) is 1. The number of hydrogen-bond acceptors (Lipinski definition) is 6. The Labute approximate surface area is 192 Å². The highest BCUT2D eigenvalue weighted by atomic mass is 16.5. The van der Waals surface area contributed by atoms with Crippen LogP contribution in [0.1, 0.15) is 18.4 Å². The number of aryl methyl sites for hydroxylation is 1. The molecule has 0 unspecified atom stereocenters. The van der Waals surface area contributed by atoms with Crippen LogP contribution in [0, 0.1) is 6.92 Å². The third-order valence-corrected chi connectivity index (χ3v) is 5.70. The summed E-state index contributed by atoms with van der Waals surface area (Å²) in [5.41, 5.74) is 2.78. The Bertz CT molecular complexity index is 1190. The Morgan fingerprint density at radius 2 is 1.97 bits per heavy atom. The highest BCUT2D eigenvalue weighted by molar-refractivity contribution is 5.77. The molecule has 1 aromatic heterocycles. The van der Waals surface area contributed by atoms with Crippen LogP contribution in [0.4, 0.5) is 0 Å². The number of phenols is 1. The number of nitrogens with one attached hydrogen (secondary N) is 2. The average Bonchev–Trinajstić information content (AvgIpc) is 3.33. The zero-order valence-electron chi connectivity index (χ0n) is 18.6. The summed E-state index contributed by atoms with van der Waals surface area (Å²) in [6.07, 6.45) is 2.46. The van der Waals surface area contributed by atoms with E-state index in [1.54, 1.807) is 49.4 Å². The molecule has 172 valence electrons. The molecule has 0 spiro atoms. The second-order valence-electron chi connectivity index (χ2n) is 8.20. The van der Waals surface area contributed by atoms with E-state index in [4.69, 9.17) is 4.74 Å². The van der Waals surface area contributed by atoms with E-state index in [0.29, 0.717) is 34.8 Å². The molecule has 1 aliphatic rings. The zero-order valence-corrected chi connectivity index (χ0v) is 18.6. The number of ether oxygens (including phenoxy) is 1. The lowest BCUT2D eigenvalue weighted by molar-refractivity contribution is -0.123. The summed E-state index contributed by atoms with van der Waals surface area (Å²) in [6, 6.07) is 14.0. The first-order chi connectivity index (χ1) is 16.0. The molecule has 8 heteroatoms. The lowest BCUT2D eigenvalue weighted by atomic mass is 10.1. The number of hydrogen-bond donors (Lipinski definition) is 3. The molecular formula is C25H28N4O4. The Morgan fingerprint density at radius 1 is 1.15 bits per heavy atom. The van der Waals surface area contributed by atoms with Crippen molar-refractivity contribution < 1.29 is 14.6 Å². The molecule has 0 saturated carbocycles. The molecule has 3 aromatic rings. The summed E-state index contributed by atoms with van der Waals surface area (Å²) < 4.78 is 5.66. The van der Waals surface area contributed by atoms with Crippen molar-refractivity contribution in [2.75, 3.05) is 32.8 Å². The van der Waals surface area contributed by atoms with Gasteiger partial charge < -0.3 is 25.0 Å². The fourth-order valence-corrected chi connectivity index (χ4v) is 3.89. The quantitative estimate of drug-likeness (QED) is 0.489. The molecule has 2 aromatic carbocycles. The summed E-state index contributed by atoms with van der Waals surface area (Å²) in [4.78, 5) is 33.5. The van der Waals surface area contributed by atoms with Crippen LogP contribution < -0.4 is 15.7 Å². The molecule has 3 N–H and O–H groups in total. The first kappa shape index (κ1) is 22.5. The molecule has 1 saturated heterocycles. The minimum Gasteiger partial charge on any atom is -0.508 e. The van der Waals surface area contributed by atoms with Gasteiger partial charge in [0.15, 0.2) is 6.61 Å². The van der Waals surface area contributed by atoms with Crippen molar-refractivity contribution in [3.05, 3.63) is 64.6 Å². The number of aromatic hydroxyl groups is 1. The van der Waals surface area contributed by atoms with Crippen molar-refractivity contribution in [1.82, 2.24) is 20.2 Å². The Morgan fingerprint density at radius 3 is 2.76 bits per heavy atom. The molecule has 1 fully saturated rings. The number of benzene rings is 2.